The third-order valence-electron chi connectivity index (χ3n) is 4.94. The molecule has 0 fully saturated rings. The third-order valence-corrected chi connectivity index (χ3v) is 6.24. The summed E-state index contributed by atoms with van der Waals surface area (Å²) in [5, 5.41) is 14.3. The summed E-state index contributed by atoms with van der Waals surface area (Å²) in [6.07, 6.45) is -0.137. The second-order valence-electron chi connectivity index (χ2n) is 7.53. The molecule has 2 N–H and O–H groups in total. The molecular formula is C25H21ClFN5O2S. The Bertz CT molecular complexity index is 1330. The Morgan fingerprint density at radius 1 is 0.971 bits per heavy atom. The summed E-state index contributed by atoms with van der Waals surface area (Å²) in [6, 6.07) is 22.0. The molecule has 0 saturated carbocycles. The summed E-state index contributed by atoms with van der Waals surface area (Å²) >= 11 is 7.11. The molecule has 1 heterocycles. The summed E-state index contributed by atoms with van der Waals surface area (Å²) in [5.41, 5.74) is 1.45. The van der Waals surface area contributed by atoms with Crippen molar-refractivity contribution < 1.29 is 14.0 Å². The van der Waals surface area contributed by atoms with Crippen molar-refractivity contribution in [3.05, 3.63) is 95.5 Å². The van der Waals surface area contributed by atoms with Gasteiger partial charge in [0.25, 0.3) is 0 Å². The molecule has 0 spiro atoms. The molecule has 1 atom stereocenters. The van der Waals surface area contributed by atoms with E-state index in [4.69, 9.17) is 11.6 Å². The molecule has 10 heteroatoms. The molecule has 2 amide bonds. The lowest BCUT2D eigenvalue weighted by Crippen LogP contribution is -2.23. The van der Waals surface area contributed by atoms with Crippen molar-refractivity contribution in [2.24, 2.45) is 0 Å². The lowest BCUT2D eigenvalue weighted by Gasteiger charge is -2.14. The Morgan fingerprint density at radius 3 is 2.37 bits per heavy atom. The van der Waals surface area contributed by atoms with Crippen molar-refractivity contribution in [1.82, 2.24) is 14.8 Å². The zero-order valence-electron chi connectivity index (χ0n) is 18.6. The van der Waals surface area contributed by atoms with Crippen LogP contribution in [-0.4, -0.2) is 31.8 Å². The van der Waals surface area contributed by atoms with Gasteiger partial charge >= 0.3 is 0 Å². The number of benzene rings is 3. The SMILES string of the molecule is CC(Sc1nnc(CC(=O)Nc2ccccc2F)n1-c1ccccc1)C(=O)Nc1ccc(Cl)cc1. The minimum atomic E-state index is -0.526. The van der Waals surface area contributed by atoms with Gasteiger partial charge in [0.15, 0.2) is 5.16 Å². The minimum absolute atomic E-state index is 0.0883. The monoisotopic (exact) mass is 509 g/mol. The van der Waals surface area contributed by atoms with E-state index in [-0.39, 0.29) is 18.0 Å². The van der Waals surface area contributed by atoms with Gasteiger partial charge in [-0.25, -0.2) is 4.39 Å². The summed E-state index contributed by atoms with van der Waals surface area (Å²) in [7, 11) is 0. The number of amides is 2. The second-order valence-corrected chi connectivity index (χ2v) is 9.28. The normalized spacial score (nSPS) is 11.6. The van der Waals surface area contributed by atoms with E-state index in [1.165, 1.54) is 23.9 Å². The highest BCUT2D eigenvalue weighted by atomic mass is 35.5. The number of nitrogens with one attached hydrogen (secondary N) is 2. The Hall–Kier alpha value is -3.69. The molecule has 0 bridgehead atoms. The fourth-order valence-corrected chi connectivity index (χ4v) is 4.23. The Morgan fingerprint density at radius 2 is 1.66 bits per heavy atom. The molecule has 0 aliphatic carbocycles. The number of anilines is 2. The van der Waals surface area contributed by atoms with Gasteiger partial charge in [-0.1, -0.05) is 53.7 Å². The number of carbonyl (C=O) groups excluding carboxylic acids is 2. The Labute approximate surface area is 210 Å². The number of hydrogen-bond donors (Lipinski definition) is 2. The predicted molar refractivity (Wildman–Crippen MR) is 135 cm³/mol. The predicted octanol–water partition coefficient (Wildman–Crippen LogP) is 5.36. The topological polar surface area (TPSA) is 88.9 Å². The molecule has 1 aromatic heterocycles. The molecular weight excluding hydrogens is 489 g/mol. The van der Waals surface area contributed by atoms with Crippen molar-refractivity contribution in [2.45, 2.75) is 23.8 Å². The van der Waals surface area contributed by atoms with Gasteiger partial charge in [-0.3, -0.25) is 14.2 Å². The maximum atomic E-state index is 13.9. The van der Waals surface area contributed by atoms with Gasteiger partial charge in [0.05, 0.1) is 17.4 Å². The van der Waals surface area contributed by atoms with Crippen LogP contribution >= 0.6 is 23.4 Å². The van der Waals surface area contributed by atoms with Crippen molar-refractivity contribution in [1.29, 1.82) is 0 Å². The molecule has 0 saturated heterocycles. The van der Waals surface area contributed by atoms with Crippen LogP contribution in [0.4, 0.5) is 15.8 Å². The molecule has 7 nitrogen and oxygen atoms in total. The van der Waals surface area contributed by atoms with Crippen LogP contribution in [0, 0.1) is 5.82 Å². The van der Waals surface area contributed by atoms with E-state index in [1.54, 1.807) is 47.9 Å². The van der Waals surface area contributed by atoms with Gasteiger partial charge in [-0.15, -0.1) is 10.2 Å². The molecule has 0 radical (unpaired) electrons. The standard InChI is InChI=1S/C25H21ClFN5O2S/c1-16(24(34)28-18-13-11-17(26)12-14-18)35-25-31-30-22(32(25)19-7-3-2-4-8-19)15-23(33)29-21-10-6-5-9-20(21)27/h2-14,16H,15H2,1H3,(H,28,34)(H,29,33). The molecule has 178 valence electrons. The van der Waals surface area contributed by atoms with Crippen LogP contribution in [0.25, 0.3) is 5.69 Å². The van der Waals surface area contributed by atoms with Crippen molar-refractivity contribution >= 4 is 46.6 Å². The highest BCUT2D eigenvalue weighted by molar-refractivity contribution is 8.00. The summed E-state index contributed by atoms with van der Waals surface area (Å²) in [5.74, 6) is -0.830. The van der Waals surface area contributed by atoms with Crippen LogP contribution in [0.3, 0.4) is 0 Å². The smallest absolute Gasteiger partial charge is 0.237 e. The Kier molecular flexibility index (Phi) is 7.79. The van der Waals surface area contributed by atoms with E-state index in [0.29, 0.717) is 21.7 Å². The van der Waals surface area contributed by atoms with Crippen molar-refractivity contribution in [2.75, 3.05) is 10.6 Å². The van der Waals surface area contributed by atoms with Gasteiger partial charge in [0.1, 0.15) is 11.6 Å². The fourth-order valence-electron chi connectivity index (χ4n) is 3.22. The zero-order chi connectivity index (χ0) is 24.8. The quantitative estimate of drug-likeness (QED) is 0.312. The molecule has 0 aliphatic heterocycles. The highest BCUT2D eigenvalue weighted by Gasteiger charge is 2.22. The lowest BCUT2D eigenvalue weighted by molar-refractivity contribution is -0.116. The summed E-state index contributed by atoms with van der Waals surface area (Å²) in [6.45, 7) is 1.75. The van der Waals surface area contributed by atoms with Crippen LogP contribution < -0.4 is 10.6 Å². The maximum absolute atomic E-state index is 13.9. The van der Waals surface area contributed by atoms with Crippen LogP contribution in [0.2, 0.25) is 5.02 Å². The van der Waals surface area contributed by atoms with Gasteiger partial charge < -0.3 is 10.6 Å². The van der Waals surface area contributed by atoms with E-state index in [2.05, 4.69) is 20.8 Å². The van der Waals surface area contributed by atoms with Crippen LogP contribution in [0.15, 0.2) is 84.0 Å². The van der Waals surface area contributed by atoms with E-state index in [9.17, 15) is 14.0 Å². The lowest BCUT2D eigenvalue weighted by atomic mass is 10.2. The van der Waals surface area contributed by atoms with E-state index in [0.717, 1.165) is 5.69 Å². The van der Waals surface area contributed by atoms with Gasteiger partial charge in [0.2, 0.25) is 11.8 Å². The number of halogens is 2. The summed E-state index contributed by atoms with van der Waals surface area (Å²) < 4.78 is 15.7. The molecule has 35 heavy (non-hydrogen) atoms. The molecule has 3 aromatic carbocycles. The van der Waals surface area contributed by atoms with E-state index in [1.807, 2.05) is 30.3 Å². The maximum Gasteiger partial charge on any atom is 0.237 e. The van der Waals surface area contributed by atoms with Gasteiger partial charge in [-0.2, -0.15) is 0 Å². The molecule has 1 unspecified atom stereocenters. The zero-order valence-corrected chi connectivity index (χ0v) is 20.2. The molecule has 0 aliphatic rings. The van der Waals surface area contributed by atoms with Gasteiger partial charge in [-0.05, 0) is 55.5 Å². The van der Waals surface area contributed by atoms with Crippen molar-refractivity contribution in [3.63, 3.8) is 0 Å². The van der Waals surface area contributed by atoms with Crippen LogP contribution in [0.5, 0.6) is 0 Å². The first kappa shape index (κ1) is 24.4. The average Bonchev–Trinajstić information content (AvgIpc) is 3.24. The first-order valence-electron chi connectivity index (χ1n) is 10.7. The molecule has 4 aromatic rings. The summed E-state index contributed by atoms with van der Waals surface area (Å²) in [4.78, 5) is 25.4. The van der Waals surface area contributed by atoms with E-state index < -0.39 is 17.0 Å². The number of carbonyl (C=O) groups is 2. The first-order chi connectivity index (χ1) is 16.9. The number of aromatic nitrogens is 3. The minimum Gasteiger partial charge on any atom is -0.325 e. The number of thioether (sulfide) groups is 1. The van der Waals surface area contributed by atoms with Crippen LogP contribution in [-0.2, 0) is 16.0 Å². The molecule has 4 rings (SSSR count). The highest BCUT2D eigenvalue weighted by Crippen LogP contribution is 2.27. The van der Waals surface area contributed by atoms with Gasteiger partial charge in [0, 0.05) is 16.4 Å². The first-order valence-corrected chi connectivity index (χ1v) is 11.9. The second kappa shape index (κ2) is 11.2. The van der Waals surface area contributed by atoms with E-state index >= 15 is 0 Å². The number of rotatable bonds is 8. The van der Waals surface area contributed by atoms with Crippen molar-refractivity contribution in [3.8, 4) is 5.69 Å². The van der Waals surface area contributed by atoms with Crippen LogP contribution in [0.1, 0.15) is 12.7 Å². The average molecular weight is 510 g/mol. The number of para-hydroxylation sites is 2. The fraction of sp³-hybridized carbons (Fsp3) is 0.120. The third kappa shape index (κ3) is 6.26. The number of nitrogens with zero attached hydrogens (tertiary/aromatic N) is 3. The number of hydrogen-bond acceptors (Lipinski definition) is 5. The largest absolute Gasteiger partial charge is 0.325 e. The Balaban J connectivity index is 1.53.